The molecule has 1 aromatic carbocycles. The summed E-state index contributed by atoms with van der Waals surface area (Å²) in [6.45, 7) is 1.16. The fraction of sp³-hybridized carbons (Fsp3) is 0.455. The molecular formula is C22H31N5O9. The number of carbonyl (C=O) groups excluding carboxylic acids is 4. The molecule has 5 unspecified atom stereocenters. The summed E-state index contributed by atoms with van der Waals surface area (Å²) in [5.74, 6) is -6.50. The molecule has 0 saturated carbocycles. The van der Waals surface area contributed by atoms with Gasteiger partial charge in [0.2, 0.25) is 23.6 Å². The Balaban J connectivity index is 3.10. The first-order chi connectivity index (χ1) is 16.8. The van der Waals surface area contributed by atoms with E-state index in [2.05, 4.69) is 16.0 Å². The minimum absolute atomic E-state index is 0.0973. The van der Waals surface area contributed by atoms with Gasteiger partial charge in [0.05, 0.1) is 18.6 Å². The second-order valence-corrected chi connectivity index (χ2v) is 8.09. The van der Waals surface area contributed by atoms with E-state index in [1.165, 1.54) is 0 Å². The predicted octanol–water partition coefficient (Wildman–Crippen LogP) is -2.78. The van der Waals surface area contributed by atoms with Gasteiger partial charge in [0, 0.05) is 12.8 Å². The fourth-order valence-corrected chi connectivity index (χ4v) is 3.07. The number of aliphatic carboxylic acids is 2. The maximum absolute atomic E-state index is 12.9. The number of amides is 4. The smallest absolute Gasteiger partial charge is 0.328 e. The van der Waals surface area contributed by atoms with Crippen LogP contribution in [0, 0.1) is 0 Å². The van der Waals surface area contributed by atoms with Crippen LogP contribution < -0.4 is 27.4 Å². The number of hydrogen-bond acceptors (Lipinski definition) is 8. The molecule has 4 amide bonds. The van der Waals surface area contributed by atoms with Crippen molar-refractivity contribution in [2.45, 2.75) is 62.9 Å². The van der Waals surface area contributed by atoms with Gasteiger partial charge in [0.15, 0.2) is 6.04 Å². The SMILES string of the molecule is CC(O)C(NC(=O)C(Cc1ccccc1)NC(=O)C(CC(N)=O)NC(=O)C(N)CCC(=O)O)C(=O)O. The van der Waals surface area contributed by atoms with Crippen LogP contribution in [0.3, 0.4) is 0 Å². The number of nitrogens with one attached hydrogen (secondary N) is 3. The van der Waals surface area contributed by atoms with Crippen molar-refractivity contribution in [1.29, 1.82) is 0 Å². The summed E-state index contributed by atoms with van der Waals surface area (Å²) in [5.41, 5.74) is 11.4. The lowest BCUT2D eigenvalue weighted by atomic mass is 10.0. The van der Waals surface area contributed by atoms with Crippen LogP contribution >= 0.6 is 0 Å². The van der Waals surface area contributed by atoms with Gasteiger partial charge in [-0.1, -0.05) is 30.3 Å². The molecule has 0 saturated heterocycles. The standard InChI is InChI=1S/C22H31N5O9/c1-11(28)18(22(35)36)27-21(34)14(9-12-5-3-2-4-6-12)26-20(33)15(10-16(24)29)25-19(32)13(23)7-8-17(30)31/h2-6,11,13-15,18,28H,7-10,23H2,1H3,(H2,24,29)(H,25,32)(H,26,33)(H,27,34)(H,30,31)(H,35,36). The molecule has 198 valence electrons. The minimum atomic E-state index is -1.67. The summed E-state index contributed by atoms with van der Waals surface area (Å²) < 4.78 is 0. The molecule has 0 aliphatic rings. The van der Waals surface area contributed by atoms with Gasteiger partial charge in [-0.2, -0.15) is 0 Å². The zero-order valence-corrected chi connectivity index (χ0v) is 19.5. The van der Waals surface area contributed by atoms with Crippen molar-refractivity contribution >= 4 is 35.6 Å². The fourth-order valence-electron chi connectivity index (χ4n) is 3.07. The van der Waals surface area contributed by atoms with Gasteiger partial charge in [-0.3, -0.25) is 24.0 Å². The molecule has 14 heteroatoms. The summed E-state index contributed by atoms with van der Waals surface area (Å²) in [7, 11) is 0. The Morgan fingerprint density at radius 1 is 0.889 bits per heavy atom. The maximum Gasteiger partial charge on any atom is 0.328 e. The third-order valence-electron chi connectivity index (χ3n) is 5.01. The number of hydrogen-bond donors (Lipinski definition) is 8. The van der Waals surface area contributed by atoms with E-state index >= 15 is 0 Å². The largest absolute Gasteiger partial charge is 0.481 e. The van der Waals surface area contributed by atoms with Gasteiger partial charge in [-0.25, -0.2) is 4.79 Å². The number of carbonyl (C=O) groups is 6. The molecule has 1 rings (SSSR count). The normalized spacial score (nSPS) is 14.9. The van der Waals surface area contributed by atoms with Crippen LogP contribution in [0.15, 0.2) is 30.3 Å². The zero-order valence-electron chi connectivity index (χ0n) is 19.5. The lowest BCUT2D eigenvalue weighted by Gasteiger charge is -2.25. The van der Waals surface area contributed by atoms with Gasteiger partial charge >= 0.3 is 11.9 Å². The monoisotopic (exact) mass is 509 g/mol. The predicted molar refractivity (Wildman–Crippen MR) is 124 cm³/mol. The molecule has 5 atom stereocenters. The molecule has 0 radical (unpaired) electrons. The number of primary amides is 1. The van der Waals surface area contributed by atoms with Crippen molar-refractivity contribution in [2.75, 3.05) is 0 Å². The Labute approximate surface area is 206 Å². The van der Waals surface area contributed by atoms with Crippen LogP contribution in [-0.2, 0) is 35.2 Å². The first-order valence-electron chi connectivity index (χ1n) is 10.9. The summed E-state index contributed by atoms with van der Waals surface area (Å²) in [6, 6.07) is 2.50. The number of aliphatic hydroxyl groups excluding tert-OH is 1. The van der Waals surface area contributed by atoms with Gasteiger partial charge < -0.3 is 42.7 Å². The number of benzene rings is 1. The van der Waals surface area contributed by atoms with E-state index in [9.17, 15) is 39.0 Å². The average molecular weight is 510 g/mol. The van der Waals surface area contributed by atoms with E-state index in [1.807, 2.05) is 0 Å². The minimum Gasteiger partial charge on any atom is -0.481 e. The summed E-state index contributed by atoms with van der Waals surface area (Å²) in [6.07, 6.45) is -2.85. The first kappa shape index (κ1) is 30.0. The van der Waals surface area contributed by atoms with E-state index in [1.54, 1.807) is 30.3 Å². The molecule has 14 nitrogen and oxygen atoms in total. The lowest BCUT2D eigenvalue weighted by Crippen LogP contribution is -2.59. The highest BCUT2D eigenvalue weighted by Gasteiger charge is 2.32. The van der Waals surface area contributed by atoms with Crippen molar-refractivity contribution in [2.24, 2.45) is 11.5 Å². The van der Waals surface area contributed by atoms with Gasteiger partial charge in [-0.05, 0) is 18.9 Å². The highest BCUT2D eigenvalue weighted by atomic mass is 16.4. The molecule has 0 heterocycles. The van der Waals surface area contributed by atoms with Crippen molar-refractivity contribution in [3.63, 3.8) is 0 Å². The van der Waals surface area contributed by atoms with Crippen LogP contribution in [0.1, 0.15) is 31.7 Å². The molecule has 36 heavy (non-hydrogen) atoms. The third-order valence-corrected chi connectivity index (χ3v) is 5.01. The molecule has 0 aliphatic heterocycles. The Bertz CT molecular complexity index is 954. The highest BCUT2D eigenvalue weighted by molar-refractivity contribution is 5.96. The summed E-state index contributed by atoms with van der Waals surface area (Å²) >= 11 is 0. The molecule has 0 aromatic heterocycles. The molecule has 0 bridgehead atoms. The van der Waals surface area contributed by atoms with E-state index in [4.69, 9.17) is 16.6 Å². The number of carboxylic acid groups (broad SMARTS) is 2. The first-order valence-corrected chi connectivity index (χ1v) is 10.9. The maximum atomic E-state index is 12.9. The molecule has 0 aliphatic carbocycles. The quantitative estimate of drug-likeness (QED) is 0.121. The Kier molecular flexibility index (Phi) is 12.0. The Morgan fingerprint density at radius 3 is 1.94 bits per heavy atom. The average Bonchev–Trinajstić information content (AvgIpc) is 2.79. The lowest BCUT2D eigenvalue weighted by molar-refractivity contribution is -0.145. The van der Waals surface area contributed by atoms with Crippen LogP contribution in [-0.4, -0.2) is 81.2 Å². The Morgan fingerprint density at radius 2 is 1.44 bits per heavy atom. The van der Waals surface area contributed by atoms with Crippen LogP contribution in [0.5, 0.6) is 0 Å². The summed E-state index contributed by atoms with van der Waals surface area (Å²) in [5, 5.41) is 34.4. The van der Waals surface area contributed by atoms with E-state index in [-0.39, 0.29) is 12.8 Å². The second kappa shape index (κ2) is 14.4. The number of rotatable bonds is 15. The number of nitrogens with two attached hydrogens (primary N) is 2. The Hall–Kier alpha value is -4.04. The van der Waals surface area contributed by atoms with Gasteiger partial charge in [0.25, 0.3) is 0 Å². The van der Waals surface area contributed by atoms with Crippen molar-refractivity contribution in [3.05, 3.63) is 35.9 Å². The number of aliphatic hydroxyl groups is 1. The molecule has 1 aromatic rings. The van der Waals surface area contributed by atoms with Gasteiger partial charge in [-0.15, -0.1) is 0 Å². The molecule has 0 spiro atoms. The topological polar surface area (TPSA) is 251 Å². The van der Waals surface area contributed by atoms with Crippen molar-refractivity contribution in [1.82, 2.24) is 16.0 Å². The number of carboxylic acids is 2. The zero-order chi connectivity index (χ0) is 27.4. The van der Waals surface area contributed by atoms with Gasteiger partial charge in [0.1, 0.15) is 12.1 Å². The molecule has 0 fully saturated rings. The highest BCUT2D eigenvalue weighted by Crippen LogP contribution is 2.06. The molecular weight excluding hydrogens is 478 g/mol. The third kappa shape index (κ3) is 10.5. The van der Waals surface area contributed by atoms with E-state index in [0.29, 0.717) is 5.56 Å². The van der Waals surface area contributed by atoms with E-state index in [0.717, 1.165) is 6.92 Å². The van der Waals surface area contributed by atoms with Crippen LogP contribution in [0.2, 0.25) is 0 Å². The van der Waals surface area contributed by atoms with Crippen LogP contribution in [0.4, 0.5) is 0 Å². The van der Waals surface area contributed by atoms with Crippen LogP contribution in [0.25, 0.3) is 0 Å². The van der Waals surface area contributed by atoms with Crippen molar-refractivity contribution in [3.8, 4) is 0 Å². The second-order valence-electron chi connectivity index (χ2n) is 8.09. The van der Waals surface area contributed by atoms with Crippen molar-refractivity contribution < 1.29 is 44.1 Å². The molecule has 10 N–H and O–H groups in total. The summed E-state index contributed by atoms with van der Waals surface area (Å²) in [4.78, 5) is 71.7. The van der Waals surface area contributed by atoms with E-state index < -0.39 is 78.7 Å².